The highest BCUT2D eigenvalue weighted by Crippen LogP contribution is 2.28. The number of para-hydroxylation sites is 1. The topological polar surface area (TPSA) is 113 Å². The molecule has 9 nitrogen and oxygen atoms in total. The number of hydrogen-bond acceptors (Lipinski definition) is 6. The fourth-order valence-corrected chi connectivity index (χ4v) is 4.54. The number of morpholine rings is 1. The van der Waals surface area contributed by atoms with Crippen LogP contribution in [0.3, 0.4) is 0 Å². The molecule has 2 fully saturated rings. The summed E-state index contributed by atoms with van der Waals surface area (Å²) >= 11 is 0. The monoisotopic (exact) mass is 517 g/mol. The van der Waals surface area contributed by atoms with E-state index in [1.807, 2.05) is 35.4 Å². The van der Waals surface area contributed by atoms with Crippen molar-refractivity contribution in [2.75, 3.05) is 49.2 Å². The van der Waals surface area contributed by atoms with Crippen LogP contribution in [0.2, 0.25) is 0 Å². The van der Waals surface area contributed by atoms with Crippen molar-refractivity contribution in [3.05, 3.63) is 60.0 Å². The summed E-state index contributed by atoms with van der Waals surface area (Å²) in [7, 11) is 0. The molecule has 11 heteroatoms. The molecule has 2 aromatic carbocycles. The minimum atomic E-state index is -0.746. The van der Waals surface area contributed by atoms with Gasteiger partial charge in [-0.25, -0.2) is 9.18 Å². The summed E-state index contributed by atoms with van der Waals surface area (Å²) in [4.78, 5) is 31.4. The number of aromatic amines is 1. The molecule has 36 heavy (non-hydrogen) atoms. The van der Waals surface area contributed by atoms with E-state index in [-0.39, 0.29) is 31.4 Å². The number of cyclic esters (lactones) is 1. The molecule has 0 spiro atoms. The SMILES string of the molecule is Cl.NC(Cc1c[nH]c2ccccc12)C(=O)NC[C@H]1CN(c2ccc(N3CCOCC3)c(F)c2)C(=O)O1. The number of nitrogens with one attached hydrogen (secondary N) is 2. The van der Waals surface area contributed by atoms with Crippen LogP contribution < -0.4 is 20.9 Å². The van der Waals surface area contributed by atoms with Gasteiger partial charge in [-0.3, -0.25) is 9.69 Å². The standard InChI is InChI=1S/C25H28FN5O4.ClH/c26-20-12-17(5-6-23(20)30-7-9-34-10-8-30)31-15-18(35-25(31)33)14-29-24(32)21(27)11-16-13-28-22-4-2-1-3-19(16)22;/h1-6,12-13,18,21,28H,7-11,14-15,27H2,(H,29,32);1H/t18-,21?;/m0./s1. The molecule has 2 aliphatic heterocycles. The van der Waals surface area contributed by atoms with Gasteiger partial charge in [-0.05, 0) is 36.2 Å². The number of amides is 2. The maximum absolute atomic E-state index is 14.8. The molecular formula is C25H29ClFN5O4. The van der Waals surface area contributed by atoms with Crippen LogP contribution in [-0.2, 0) is 20.7 Å². The third-order valence-electron chi connectivity index (χ3n) is 6.42. The van der Waals surface area contributed by atoms with Crippen LogP contribution >= 0.6 is 12.4 Å². The summed E-state index contributed by atoms with van der Waals surface area (Å²) in [5.41, 5.74) is 8.97. The predicted molar refractivity (Wildman–Crippen MR) is 137 cm³/mol. The third-order valence-corrected chi connectivity index (χ3v) is 6.42. The highest BCUT2D eigenvalue weighted by atomic mass is 35.5. The first-order valence-corrected chi connectivity index (χ1v) is 11.7. The zero-order chi connectivity index (χ0) is 24.4. The molecular weight excluding hydrogens is 489 g/mol. The number of benzene rings is 2. The number of fused-ring (bicyclic) bond motifs is 1. The van der Waals surface area contributed by atoms with E-state index in [4.69, 9.17) is 15.2 Å². The molecule has 0 radical (unpaired) electrons. The van der Waals surface area contributed by atoms with Crippen LogP contribution in [0.4, 0.5) is 20.6 Å². The second-order valence-corrected chi connectivity index (χ2v) is 8.77. The van der Waals surface area contributed by atoms with E-state index in [9.17, 15) is 14.0 Å². The number of halogens is 2. The summed E-state index contributed by atoms with van der Waals surface area (Å²) in [5, 5.41) is 3.80. The van der Waals surface area contributed by atoms with Gasteiger partial charge in [-0.15, -0.1) is 12.4 Å². The Hall–Kier alpha value is -3.34. The number of hydrogen-bond donors (Lipinski definition) is 3. The number of H-pyrrole nitrogens is 1. The Morgan fingerprint density at radius 2 is 2.00 bits per heavy atom. The van der Waals surface area contributed by atoms with E-state index in [1.165, 1.54) is 11.0 Å². The van der Waals surface area contributed by atoms with Crippen LogP contribution in [0.15, 0.2) is 48.7 Å². The van der Waals surface area contributed by atoms with Crippen LogP contribution in [-0.4, -0.2) is 68.5 Å². The van der Waals surface area contributed by atoms with Gasteiger partial charge >= 0.3 is 6.09 Å². The molecule has 0 aliphatic carbocycles. The number of carbonyl (C=O) groups is 2. The van der Waals surface area contributed by atoms with Crippen LogP contribution in [0, 0.1) is 5.82 Å². The molecule has 4 N–H and O–H groups in total. The van der Waals surface area contributed by atoms with Crippen molar-refractivity contribution < 1.29 is 23.5 Å². The van der Waals surface area contributed by atoms with Crippen molar-refractivity contribution in [3.8, 4) is 0 Å². The van der Waals surface area contributed by atoms with Gasteiger partial charge in [-0.2, -0.15) is 0 Å². The van der Waals surface area contributed by atoms with E-state index >= 15 is 0 Å². The van der Waals surface area contributed by atoms with Gasteiger partial charge in [-0.1, -0.05) is 18.2 Å². The normalized spacial score (nSPS) is 18.6. The number of anilines is 2. The van der Waals surface area contributed by atoms with Gasteiger partial charge < -0.3 is 30.4 Å². The molecule has 2 aliphatic rings. The maximum atomic E-state index is 14.8. The molecule has 2 saturated heterocycles. The van der Waals surface area contributed by atoms with Gasteiger partial charge in [0.15, 0.2) is 0 Å². The van der Waals surface area contributed by atoms with E-state index in [1.54, 1.807) is 12.1 Å². The molecule has 5 rings (SSSR count). The number of aromatic nitrogens is 1. The van der Waals surface area contributed by atoms with Crippen molar-refractivity contribution in [1.29, 1.82) is 0 Å². The van der Waals surface area contributed by atoms with Crippen molar-refractivity contribution in [2.24, 2.45) is 5.73 Å². The minimum absolute atomic E-state index is 0. The molecule has 0 bridgehead atoms. The number of rotatable bonds is 7. The number of nitrogens with two attached hydrogens (primary N) is 1. The Kier molecular flexibility index (Phi) is 7.97. The summed E-state index contributed by atoms with van der Waals surface area (Å²) in [6, 6.07) is 11.8. The maximum Gasteiger partial charge on any atom is 0.414 e. The largest absolute Gasteiger partial charge is 0.442 e. The Balaban J connectivity index is 0.00000304. The van der Waals surface area contributed by atoms with Crippen LogP contribution in [0.1, 0.15) is 5.56 Å². The summed E-state index contributed by atoms with van der Waals surface area (Å²) < 4.78 is 25.5. The zero-order valence-electron chi connectivity index (χ0n) is 19.6. The number of ether oxygens (including phenoxy) is 2. The molecule has 2 amide bonds. The van der Waals surface area contributed by atoms with Crippen LogP contribution in [0.25, 0.3) is 10.9 Å². The lowest BCUT2D eigenvalue weighted by Crippen LogP contribution is -2.45. The van der Waals surface area contributed by atoms with Gasteiger partial charge in [0.2, 0.25) is 5.91 Å². The molecule has 3 aromatic rings. The molecule has 1 aromatic heterocycles. The molecule has 0 saturated carbocycles. The van der Waals surface area contributed by atoms with Crippen molar-refractivity contribution >= 4 is 46.7 Å². The first-order valence-electron chi connectivity index (χ1n) is 11.7. The summed E-state index contributed by atoms with van der Waals surface area (Å²) in [5.74, 6) is -0.733. The smallest absolute Gasteiger partial charge is 0.414 e. The van der Waals surface area contributed by atoms with Crippen molar-refractivity contribution in [3.63, 3.8) is 0 Å². The Labute approximate surface area is 214 Å². The lowest BCUT2D eigenvalue weighted by atomic mass is 10.1. The first-order chi connectivity index (χ1) is 17.0. The van der Waals surface area contributed by atoms with E-state index in [2.05, 4.69) is 10.3 Å². The number of carbonyl (C=O) groups excluding carboxylic acids is 2. The Bertz CT molecular complexity index is 1230. The minimum Gasteiger partial charge on any atom is -0.442 e. The molecule has 3 heterocycles. The second kappa shape index (κ2) is 11.2. The first kappa shape index (κ1) is 25.7. The highest BCUT2D eigenvalue weighted by molar-refractivity contribution is 5.90. The van der Waals surface area contributed by atoms with Gasteiger partial charge in [0.1, 0.15) is 11.9 Å². The fourth-order valence-electron chi connectivity index (χ4n) is 4.54. The predicted octanol–water partition coefficient (Wildman–Crippen LogP) is 2.58. The fraction of sp³-hybridized carbons (Fsp3) is 0.360. The van der Waals surface area contributed by atoms with Crippen molar-refractivity contribution in [1.82, 2.24) is 10.3 Å². The zero-order valence-corrected chi connectivity index (χ0v) is 20.4. The van der Waals surface area contributed by atoms with Gasteiger partial charge in [0.05, 0.1) is 43.7 Å². The van der Waals surface area contributed by atoms with Gasteiger partial charge in [0.25, 0.3) is 0 Å². The summed E-state index contributed by atoms with van der Waals surface area (Å²) in [6.07, 6.45) is 1.10. The van der Waals surface area contributed by atoms with E-state index in [0.717, 1.165) is 16.5 Å². The van der Waals surface area contributed by atoms with Gasteiger partial charge in [0, 0.05) is 30.2 Å². The highest BCUT2D eigenvalue weighted by Gasteiger charge is 2.33. The average Bonchev–Trinajstić information content (AvgIpc) is 3.46. The Morgan fingerprint density at radius 1 is 1.22 bits per heavy atom. The van der Waals surface area contributed by atoms with Crippen molar-refractivity contribution in [2.45, 2.75) is 18.6 Å². The molecule has 1 unspecified atom stereocenters. The quantitative estimate of drug-likeness (QED) is 0.444. The lowest BCUT2D eigenvalue weighted by Gasteiger charge is -2.29. The summed E-state index contributed by atoms with van der Waals surface area (Å²) in [6.45, 7) is 2.67. The van der Waals surface area contributed by atoms with Crippen LogP contribution in [0.5, 0.6) is 0 Å². The van der Waals surface area contributed by atoms with E-state index in [0.29, 0.717) is 44.1 Å². The molecule has 2 atom stereocenters. The third kappa shape index (κ3) is 5.40. The number of nitrogens with zero attached hydrogens (tertiary/aromatic N) is 2. The molecule has 192 valence electrons. The Morgan fingerprint density at radius 3 is 2.78 bits per heavy atom. The second-order valence-electron chi connectivity index (χ2n) is 8.77. The van der Waals surface area contributed by atoms with E-state index < -0.39 is 24.1 Å². The lowest BCUT2D eigenvalue weighted by molar-refractivity contribution is -0.122. The average molecular weight is 518 g/mol.